The van der Waals surface area contributed by atoms with Gasteiger partial charge in [-0.15, -0.1) is 0 Å². The second-order valence-corrected chi connectivity index (χ2v) is 11.6. The molecule has 3 aliphatic rings. The highest BCUT2D eigenvalue weighted by molar-refractivity contribution is 5.80. The van der Waals surface area contributed by atoms with Crippen LogP contribution >= 0.6 is 0 Å². The summed E-state index contributed by atoms with van der Waals surface area (Å²) in [5.41, 5.74) is 2.09. The maximum absolute atomic E-state index is 13.7. The van der Waals surface area contributed by atoms with Crippen molar-refractivity contribution in [3.8, 4) is 5.75 Å². The van der Waals surface area contributed by atoms with E-state index in [1.807, 2.05) is 17.0 Å². The molecule has 0 saturated carbocycles. The number of carboxylic acids is 1. The van der Waals surface area contributed by atoms with E-state index in [9.17, 15) is 19.5 Å². The van der Waals surface area contributed by atoms with Crippen molar-refractivity contribution in [2.75, 3.05) is 66.5 Å². The molecule has 3 atom stereocenters. The van der Waals surface area contributed by atoms with Crippen molar-refractivity contribution in [2.24, 2.45) is 5.92 Å². The summed E-state index contributed by atoms with van der Waals surface area (Å²) in [6.07, 6.45) is 6.05. The standard InChI is InChI=1S/C30H46N4O5/c1-4-5-14-32(15-7-6-13-31(2)3)28(36)21-34-19-24(22-10-11-26-23(18-22)12-17-39-26)29(30(37)38)25(34)20-33-16-8-9-27(33)35/h10-11,18,24-25,29H,4-9,12-17,19-21H2,1-3H3,(H,37,38)/t24-,25+,29-/m1/s1. The van der Waals surface area contributed by atoms with Gasteiger partial charge in [0.25, 0.3) is 0 Å². The van der Waals surface area contributed by atoms with E-state index in [1.165, 1.54) is 0 Å². The molecule has 0 aliphatic carbocycles. The number of likely N-dealkylation sites (tertiary alicyclic amines) is 2. The van der Waals surface area contributed by atoms with E-state index < -0.39 is 17.9 Å². The number of carboxylic acid groups (broad SMARTS) is 1. The molecule has 0 spiro atoms. The van der Waals surface area contributed by atoms with Gasteiger partial charge in [0.15, 0.2) is 0 Å². The van der Waals surface area contributed by atoms with Gasteiger partial charge in [0, 0.05) is 57.5 Å². The number of benzene rings is 1. The van der Waals surface area contributed by atoms with Crippen molar-refractivity contribution in [1.29, 1.82) is 0 Å². The van der Waals surface area contributed by atoms with Crippen LogP contribution in [0.1, 0.15) is 62.5 Å². The van der Waals surface area contributed by atoms with E-state index in [0.717, 1.165) is 68.5 Å². The Kier molecular flexibility index (Phi) is 10.2. The first-order valence-corrected chi connectivity index (χ1v) is 14.7. The monoisotopic (exact) mass is 542 g/mol. The molecule has 39 heavy (non-hydrogen) atoms. The average molecular weight is 543 g/mol. The number of rotatable bonds is 14. The quantitative estimate of drug-likeness (QED) is 0.361. The van der Waals surface area contributed by atoms with Gasteiger partial charge >= 0.3 is 5.97 Å². The summed E-state index contributed by atoms with van der Waals surface area (Å²) < 4.78 is 5.67. The highest BCUT2D eigenvalue weighted by Gasteiger charge is 2.48. The minimum Gasteiger partial charge on any atom is -0.493 e. The van der Waals surface area contributed by atoms with Crippen LogP contribution in [0.4, 0.5) is 0 Å². The summed E-state index contributed by atoms with van der Waals surface area (Å²) in [7, 11) is 4.11. The maximum atomic E-state index is 13.7. The smallest absolute Gasteiger partial charge is 0.308 e. The topological polar surface area (TPSA) is 93.6 Å². The molecule has 0 aromatic heterocycles. The lowest BCUT2D eigenvalue weighted by Crippen LogP contribution is -2.49. The Morgan fingerprint density at radius 2 is 1.87 bits per heavy atom. The van der Waals surface area contributed by atoms with Crippen molar-refractivity contribution >= 4 is 17.8 Å². The zero-order valence-corrected chi connectivity index (χ0v) is 23.9. The van der Waals surface area contributed by atoms with Crippen LogP contribution in [0.15, 0.2) is 18.2 Å². The predicted molar refractivity (Wildman–Crippen MR) is 150 cm³/mol. The zero-order chi connectivity index (χ0) is 27.9. The van der Waals surface area contributed by atoms with Gasteiger partial charge in [0.2, 0.25) is 11.8 Å². The highest BCUT2D eigenvalue weighted by Crippen LogP contribution is 2.40. The molecule has 9 nitrogen and oxygen atoms in total. The van der Waals surface area contributed by atoms with Gasteiger partial charge in [-0.25, -0.2) is 0 Å². The van der Waals surface area contributed by atoms with Gasteiger partial charge in [-0.05, 0) is 63.5 Å². The fraction of sp³-hybridized carbons (Fsp3) is 0.700. The first-order chi connectivity index (χ1) is 18.8. The zero-order valence-electron chi connectivity index (χ0n) is 23.9. The number of aliphatic carboxylic acids is 1. The Hall–Kier alpha value is -2.65. The van der Waals surface area contributed by atoms with E-state index in [0.29, 0.717) is 39.2 Å². The SMILES string of the molecule is CCCCN(CCCCN(C)C)C(=O)CN1C[C@H](c2ccc3c(c2)CCO3)[C@@H](C(=O)O)[C@@H]1CN1CCCC1=O. The van der Waals surface area contributed by atoms with Crippen LogP contribution in [0.5, 0.6) is 5.75 Å². The van der Waals surface area contributed by atoms with E-state index in [1.54, 1.807) is 4.90 Å². The second kappa shape index (κ2) is 13.6. The summed E-state index contributed by atoms with van der Waals surface area (Å²) in [5, 5.41) is 10.5. The van der Waals surface area contributed by atoms with Crippen LogP contribution < -0.4 is 4.74 Å². The number of fused-ring (bicyclic) bond motifs is 1. The molecule has 0 radical (unpaired) electrons. The Morgan fingerprint density at radius 3 is 2.56 bits per heavy atom. The van der Waals surface area contributed by atoms with Gasteiger partial charge in [0.05, 0.1) is 19.1 Å². The Balaban J connectivity index is 1.55. The average Bonchev–Trinajstić information content (AvgIpc) is 3.62. The molecule has 1 N–H and O–H groups in total. The summed E-state index contributed by atoms with van der Waals surface area (Å²) in [5.74, 6) is -0.818. The third kappa shape index (κ3) is 7.31. The van der Waals surface area contributed by atoms with Crippen LogP contribution in [0.25, 0.3) is 0 Å². The number of amides is 2. The lowest BCUT2D eigenvalue weighted by atomic mass is 9.84. The van der Waals surface area contributed by atoms with Crippen LogP contribution in [0.2, 0.25) is 0 Å². The minimum atomic E-state index is -0.866. The molecule has 1 aromatic rings. The van der Waals surface area contributed by atoms with Crippen molar-refractivity contribution in [1.82, 2.24) is 19.6 Å². The molecule has 9 heteroatoms. The minimum absolute atomic E-state index is 0.0539. The molecular formula is C30H46N4O5. The van der Waals surface area contributed by atoms with Gasteiger partial charge in [-0.1, -0.05) is 25.5 Å². The number of unbranched alkanes of at least 4 members (excludes halogenated alkanes) is 2. The molecule has 2 saturated heterocycles. The Labute approximate surface area is 233 Å². The second-order valence-electron chi connectivity index (χ2n) is 11.6. The lowest BCUT2D eigenvalue weighted by molar-refractivity contribution is -0.144. The third-order valence-corrected chi connectivity index (χ3v) is 8.51. The van der Waals surface area contributed by atoms with Crippen molar-refractivity contribution in [3.63, 3.8) is 0 Å². The van der Waals surface area contributed by atoms with Crippen LogP contribution in [0.3, 0.4) is 0 Å². The van der Waals surface area contributed by atoms with Crippen LogP contribution in [-0.4, -0.2) is 115 Å². The van der Waals surface area contributed by atoms with Crippen molar-refractivity contribution in [2.45, 2.75) is 63.8 Å². The predicted octanol–water partition coefficient (Wildman–Crippen LogP) is 2.68. The number of nitrogens with zero attached hydrogens (tertiary/aromatic N) is 4. The molecule has 0 unspecified atom stereocenters. The number of carbonyl (C=O) groups excluding carboxylic acids is 2. The van der Waals surface area contributed by atoms with E-state index >= 15 is 0 Å². The molecule has 3 heterocycles. The molecule has 1 aromatic carbocycles. The summed E-state index contributed by atoms with van der Waals surface area (Å²) >= 11 is 0. The summed E-state index contributed by atoms with van der Waals surface area (Å²) in [6, 6.07) is 5.60. The van der Waals surface area contributed by atoms with Gasteiger partial charge in [-0.3, -0.25) is 19.3 Å². The Morgan fingerprint density at radius 1 is 1.10 bits per heavy atom. The lowest BCUT2D eigenvalue weighted by Gasteiger charge is -2.32. The van der Waals surface area contributed by atoms with Crippen molar-refractivity contribution in [3.05, 3.63) is 29.3 Å². The van der Waals surface area contributed by atoms with E-state index in [4.69, 9.17) is 4.74 Å². The molecule has 0 bridgehead atoms. The number of carbonyl (C=O) groups is 3. The summed E-state index contributed by atoms with van der Waals surface area (Å²) in [6.45, 7) is 6.86. The number of hydrogen-bond acceptors (Lipinski definition) is 6. The van der Waals surface area contributed by atoms with Gasteiger partial charge < -0.3 is 24.5 Å². The molecule has 4 rings (SSSR count). The Bertz CT molecular complexity index is 1020. The fourth-order valence-electron chi connectivity index (χ4n) is 6.33. The first-order valence-electron chi connectivity index (χ1n) is 14.7. The molecule has 216 valence electrons. The van der Waals surface area contributed by atoms with E-state index in [-0.39, 0.29) is 24.3 Å². The summed E-state index contributed by atoms with van der Waals surface area (Å²) in [4.78, 5) is 47.0. The highest BCUT2D eigenvalue weighted by atomic mass is 16.5. The first kappa shape index (κ1) is 29.3. The van der Waals surface area contributed by atoms with E-state index in [2.05, 4.69) is 36.9 Å². The molecule has 3 aliphatic heterocycles. The maximum Gasteiger partial charge on any atom is 0.308 e. The fourth-order valence-corrected chi connectivity index (χ4v) is 6.33. The molecule has 2 fully saturated rings. The normalized spacial score (nSPS) is 22.9. The molecule has 2 amide bonds. The number of ether oxygens (including phenoxy) is 1. The third-order valence-electron chi connectivity index (χ3n) is 8.51. The van der Waals surface area contributed by atoms with Gasteiger partial charge in [-0.2, -0.15) is 0 Å². The largest absolute Gasteiger partial charge is 0.493 e. The molecular weight excluding hydrogens is 496 g/mol. The van der Waals surface area contributed by atoms with Crippen LogP contribution in [0, 0.1) is 5.92 Å². The van der Waals surface area contributed by atoms with Gasteiger partial charge in [0.1, 0.15) is 5.75 Å². The van der Waals surface area contributed by atoms with Crippen molar-refractivity contribution < 1.29 is 24.2 Å². The number of hydrogen-bond donors (Lipinski definition) is 1. The van der Waals surface area contributed by atoms with Crippen LogP contribution in [-0.2, 0) is 20.8 Å².